The molecular weight excluding hydrogens is 237 g/mol. The maximum Gasteiger partial charge on any atom is 0.343 e. The molecule has 0 saturated carbocycles. The van der Waals surface area contributed by atoms with E-state index in [1.807, 2.05) is 13.8 Å². The first-order chi connectivity index (χ1) is 8.44. The van der Waals surface area contributed by atoms with Crippen LogP contribution in [0.15, 0.2) is 0 Å². The van der Waals surface area contributed by atoms with Gasteiger partial charge in [-0.05, 0) is 12.8 Å². The summed E-state index contributed by atoms with van der Waals surface area (Å²) in [6.45, 7) is 3.93. The largest absolute Gasteiger partial charge is 0.479 e. The summed E-state index contributed by atoms with van der Waals surface area (Å²) in [6.07, 6.45) is 3.29. The van der Waals surface area contributed by atoms with Crippen LogP contribution in [0.3, 0.4) is 0 Å². The topological polar surface area (TPSA) is 57.6 Å². The number of hydrogen-bond acceptors (Lipinski definition) is 2. The van der Waals surface area contributed by atoms with Gasteiger partial charge in [-0.1, -0.05) is 26.7 Å². The molecule has 5 heteroatoms. The van der Waals surface area contributed by atoms with Gasteiger partial charge in [0.15, 0.2) is 0 Å². The van der Waals surface area contributed by atoms with E-state index in [1.54, 1.807) is 0 Å². The Morgan fingerprint density at radius 1 is 1.33 bits per heavy atom. The molecule has 1 aliphatic rings. The highest BCUT2D eigenvalue weighted by Gasteiger charge is 2.47. The number of carbonyl (C=O) groups is 2. The van der Waals surface area contributed by atoms with Crippen LogP contribution in [0.2, 0.25) is 0 Å². The number of rotatable bonds is 6. The zero-order chi connectivity index (χ0) is 13.8. The molecule has 0 aromatic carbocycles. The summed E-state index contributed by atoms with van der Waals surface area (Å²) in [5.41, 5.74) is -2.25. The number of nitrogens with zero attached hydrogens (tertiary/aromatic N) is 1. The molecule has 0 spiro atoms. The number of carboxylic acids is 1. The first-order valence-corrected chi connectivity index (χ1v) is 6.65. The lowest BCUT2D eigenvalue weighted by Gasteiger charge is -2.23. The van der Waals surface area contributed by atoms with E-state index in [-0.39, 0.29) is 31.3 Å². The van der Waals surface area contributed by atoms with E-state index in [4.69, 9.17) is 5.11 Å². The Balaban J connectivity index is 2.65. The zero-order valence-electron chi connectivity index (χ0n) is 11.1. The van der Waals surface area contributed by atoms with E-state index in [2.05, 4.69) is 0 Å². The molecule has 1 fully saturated rings. The predicted octanol–water partition coefficient (Wildman–Crippen LogP) is 2.23. The van der Waals surface area contributed by atoms with Gasteiger partial charge >= 0.3 is 5.97 Å². The monoisotopic (exact) mass is 259 g/mol. The lowest BCUT2D eigenvalue weighted by atomic mass is 9.97. The minimum Gasteiger partial charge on any atom is -0.479 e. The molecule has 104 valence electrons. The fourth-order valence-corrected chi connectivity index (χ4v) is 2.48. The summed E-state index contributed by atoms with van der Waals surface area (Å²) < 4.78 is 13.9. The van der Waals surface area contributed by atoms with Gasteiger partial charge < -0.3 is 10.0 Å². The molecule has 1 N–H and O–H groups in total. The van der Waals surface area contributed by atoms with Gasteiger partial charge in [0.2, 0.25) is 11.6 Å². The molecule has 1 amide bonds. The second kappa shape index (κ2) is 6.16. The standard InChI is InChI=1S/C13H22FNO3/c1-3-5-10(6-4-2)11(16)15-8-7-13(14,9-15)12(17)18/h10H,3-9H2,1-2H3,(H,17,18). The quantitative estimate of drug-likeness (QED) is 0.795. The second-order valence-electron chi connectivity index (χ2n) is 5.05. The molecule has 18 heavy (non-hydrogen) atoms. The minimum atomic E-state index is -2.25. The van der Waals surface area contributed by atoms with Crippen LogP contribution in [0.25, 0.3) is 0 Å². The molecule has 1 saturated heterocycles. The molecule has 0 aromatic rings. The fourth-order valence-electron chi connectivity index (χ4n) is 2.48. The number of aliphatic carboxylic acids is 1. The Bertz CT molecular complexity index is 315. The molecular formula is C13H22FNO3. The summed E-state index contributed by atoms with van der Waals surface area (Å²) in [7, 11) is 0. The van der Waals surface area contributed by atoms with E-state index in [0.29, 0.717) is 0 Å². The number of carboxylic acid groups (broad SMARTS) is 1. The molecule has 0 aromatic heterocycles. The summed E-state index contributed by atoms with van der Waals surface area (Å²) in [5.74, 6) is -1.63. The van der Waals surface area contributed by atoms with Crippen molar-refractivity contribution in [1.82, 2.24) is 4.90 Å². The van der Waals surface area contributed by atoms with Crippen molar-refractivity contribution in [2.45, 2.75) is 51.6 Å². The maximum atomic E-state index is 13.9. The van der Waals surface area contributed by atoms with Crippen LogP contribution >= 0.6 is 0 Å². The lowest BCUT2D eigenvalue weighted by molar-refractivity contribution is -0.150. The van der Waals surface area contributed by atoms with Crippen LogP contribution in [0.1, 0.15) is 46.0 Å². The Hall–Kier alpha value is -1.13. The molecule has 0 bridgehead atoms. The smallest absolute Gasteiger partial charge is 0.343 e. The van der Waals surface area contributed by atoms with E-state index >= 15 is 0 Å². The van der Waals surface area contributed by atoms with E-state index in [0.717, 1.165) is 25.7 Å². The van der Waals surface area contributed by atoms with Crippen LogP contribution < -0.4 is 0 Å². The van der Waals surface area contributed by atoms with Crippen molar-refractivity contribution in [2.75, 3.05) is 13.1 Å². The lowest BCUT2D eigenvalue weighted by Crippen LogP contribution is -2.40. The van der Waals surface area contributed by atoms with Gasteiger partial charge in [-0.2, -0.15) is 0 Å². The molecule has 4 nitrogen and oxygen atoms in total. The zero-order valence-corrected chi connectivity index (χ0v) is 11.1. The van der Waals surface area contributed by atoms with Crippen LogP contribution in [0.4, 0.5) is 4.39 Å². The highest BCUT2D eigenvalue weighted by Crippen LogP contribution is 2.28. The van der Waals surface area contributed by atoms with Gasteiger partial charge in [0.1, 0.15) is 0 Å². The summed E-state index contributed by atoms with van der Waals surface area (Å²) in [5, 5.41) is 8.80. The van der Waals surface area contributed by atoms with Crippen LogP contribution in [0.5, 0.6) is 0 Å². The van der Waals surface area contributed by atoms with Gasteiger partial charge in [0, 0.05) is 18.9 Å². The van der Waals surface area contributed by atoms with Gasteiger partial charge in [-0.25, -0.2) is 9.18 Å². The summed E-state index contributed by atoms with van der Waals surface area (Å²) >= 11 is 0. The first kappa shape index (κ1) is 14.9. The SMILES string of the molecule is CCCC(CCC)C(=O)N1CCC(F)(C(=O)O)C1. The molecule has 1 aliphatic heterocycles. The van der Waals surface area contributed by atoms with Crippen molar-refractivity contribution in [3.63, 3.8) is 0 Å². The van der Waals surface area contributed by atoms with Crippen molar-refractivity contribution < 1.29 is 19.1 Å². The highest BCUT2D eigenvalue weighted by molar-refractivity contribution is 5.83. The number of amides is 1. The molecule has 0 aliphatic carbocycles. The molecule has 0 radical (unpaired) electrons. The average molecular weight is 259 g/mol. The highest BCUT2D eigenvalue weighted by atomic mass is 19.1. The van der Waals surface area contributed by atoms with Gasteiger partial charge in [0.25, 0.3) is 0 Å². The van der Waals surface area contributed by atoms with Gasteiger partial charge in [-0.15, -0.1) is 0 Å². The Morgan fingerprint density at radius 2 is 1.89 bits per heavy atom. The Labute approximate surface area is 107 Å². The van der Waals surface area contributed by atoms with Crippen molar-refractivity contribution in [3.8, 4) is 0 Å². The third kappa shape index (κ3) is 3.21. The van der Waals surface area contributed by atoms with E-state index < -0.39 is 11.6 Å². The normalized spacial score (nSPS) is 23.7. The van der Waals surface area contributed by atoms with Crippen molar-refractivity contribution in [2.24, 2.45) is 5.92 Å². The fraction of sp³-hybridized carbons (Fsp3) is 0.846. The predicted molar refractivity (Wildman–Crippen MR) is 66.0 cm³/mol. The summed E-state index contributed by atoms with van der Waals surface area (Å²) in [4.78, 5) is 24.4. The average Bonchev–Trinajstić information content (AvgIpc) is 2.72. The third-order valence-electron chi connectivity index (χ3n) is 3.54. The molecule has 1 unspecified atom stereocenters. The van der Waals surface area contributed by atoms with Gasteiger partial charge in [0.05, 0.1) is 6.54 Å². The second-order valence-corrected chi connectivity index (χ2v) is 5.05. The van der Waals surface area contributed by atoms with E-state index in [1.165, 1.54) is 4.90 Å². The number of carbonyl (C=O) groups excluding carboxylic acids is 1. The van der Waals surface area contributed by atoms with Crippen LogP contribution in [0, 0.1) is 5.92 Å². The molecule has 1 atom stereocenters. The van der Waals surface area contributed by atoms with Gasteiger partial charge in [-0.3, -0.25) is 4.79 Å². The third-order valence-corrected chi connectivity index (χ3v) is 3.54. The Kier molecular flexibility index (Phi) is 5.11. The number of likely N-dealkylation sites (tertiary alicyclic amines) is 1. The minimum absolute atomic E-state index is 0.0838. The summed E-state index contributed by atoms with van der Waals surface area (Å²) in [6, 6.07) is 0. The molecule has 1 rings (SSSR count). The van der Waals surface area contributed by atoms with E-state index in [9.17, 15) is 14.0 Å². The van der Waals surface area contributed by atoms with Crippen LogP contribution in [-0.2, 0) is 9.59 Å². The maximum absolute atomic E-state index is 13.9. The van der Waals surface area contributed by atoms with Crippen LogP contribution in [-0.4, -0.2) is 40.6 Å². The number of hydrogen-bond donors (Lipinski definition) is 1. The van der Waals surface area contributed by atoms with Crippen molar-refractivity contribution in [1.29, 1.82) is 0 Å². The first-order valence-electron chi connectivity index (χ1n) is 6.65. The van der Waals surface area contributed by atoms with Crippen molar-refractivity contribution >= 4 is 11.9 Å². The Morgan fingerprint density at radius 3 is 2.28 bits per heavy atom. The van der Waals surface area contributed by atoms with Crippen molar-refractivity contribution in [3.05, 3.63) is 0 Å². The molecule has 1 heterocycles. The number of alkyl halides is 1. The number of halogens is 1.